The largest absolute Gasteiger partial charge is 0.455 e. The fraction of sp³-hybridized carbons (Fsp3) is 0.0769. The highest BCUT2D eigenvalue weighted by atomic mass is 35.5. The summed E-state index contributed by atoms with van der Waals surface area (Å²) in [4.78, 5) is 0. The van der Waals surface area contributed by atoms with E-state index in [1.807, 2.05) is 0 Å². The molecule has 0 aliphatic heterocycles. The Morgan fingerprint density at radius 3 is 2.37 bits per heavy atom. The Labute approximate surface area is 124 Å². The van der Waals surface area contributed by atoms with Crippen molar-refractivity contribution in [1.82, 2.24) is 0 Å². The van der Waals surface area contributed by atoms with Gasteiger partial charge in [0.1, 0.15) is 17.3 Å². The molecule has 19 heavy (non-hydrogen) atoms. The van der Waals surface area contributed by atoms with Crippen LogP contribution >= 0.6 is 34.8 Å². The Morgan fingerprint density at radius 2 is 1.68 bits per heavy atom. The van der Waals surface area contributed by atoms with Gasteiger partial charge in [0, 0.05) is 18.2 Å². The molecule has 2 aromatic rings. The van der Waals surface area contributed by atoms with Crippen LogP contribution < -0.4 is 10.5 Å². The minimum Gasteiger partial charge on any atom is -0.455 e. The molecule has 0 aliphatic carbocycles. The molecule has 0 radical (unpaired) electrons. The third-order valence-electron chi connectivity index (χ3n) is 2.47. The molecule has 100 valence electrons. The van der Waals surface area contributed by atoms with Gasteiger partial charge >= 0.3 is 0 Å². The maximum Gasteiger partial charge on any atom is 0.147 e. The van der Waals surface area contributed by atoms with Crippen molar-refractivity contribution in [3.8, 4) is 11.5 Å². The van der Waals surface area contributed by atoms with Crippen molar-refractivity contribution in [2.45, 2.75) is 6.54 Å². The number of ether oxygens (including phenoxy) is 1. The van der Waals surface area contributed by atoms with Gasteiger partial charge < -0.3 is 10.5 Å². The first-order chi connectivity index (χ1) is 9.02. The van der Waals surface area contributed by atoms with Gasteiger partial charge in [0.15, 0.2) is 0 Å². The molecular formula is C13H9Cl3FNO. The smallest absolute Gasteiger partial charge is 0.147 e. The van der Waals surface area contributed by atoms with Crippen molar-refractivity contribution in [2.24, 2.45) is 5.73 Å². The highest BCUT2D eigenvalue weighted by Crippen LogP contribution is 2.37. The maximum atomic E-state index is 13.6. The van der Waals surface area contributed by atoms with Gasteiger partial charge in [0.25, 0.3) is 0 Å². The fourth-order valence-electron chi connectivity index (χ4n) is 1.53. The van der Waals surface area contributed by atoms with Gasteiger partial charge in [-0.15, -0.1) is 0 Å². The van der Waals surface area contributed by atoms with Crippen molar-refractivity contribution < 1.29 is 9.13 Å². The first kappa shape index (κ1) is 14.4. The van der Waals surface area contributed by atoms with Gasteiger partial charge in [-0.3, -0.25) is 0 Å². The van der Waals surface area contributed by atoms with Gasteiger partial charge in [-0.05, 0) is 18.2 Å². The number of hydrogen-bond acceptors (Lipinski definition) is 2. The standard InChI is InChI=1S/C13H9Cl3FNO/c14-8-4-10(16)13(5-9(8)15)19-12-3-1-2-11(17)7(12)6-18/h1-5H,6,18H2. The summed E-state index contributed by atoms with van der Waals surface area (Å²) in [5.41, 5.74) is 5.77. The van der Waals surface area contributed by atoms with Crippen molar-refractivity contribution >= 4 is 34.8 Å². The molecule has 2 N–H and O–H groups in total. The molecule has 6 heteroatoms. The van der Waals surface area contributed by atoms with Crippen molar-refractivity contribution in [3.63, 3.8) is 0 Å². The van der Waals surface area contributed by atoms with Crippen LogP contribution in [0, 0.1) is 5.82 Å². The SMILES string of the molecule is NCc1c(F)cccc1Oc1cc(Cl)c(Cl)cc1Cl. The third kappa shape index (κ3) is 3.12. The molecule has 0 unspecified atom stereocenters. The van der Waals surface area contributed by atoms with Gasteiger partial charge in [-0.25, -0.2) is 4.39 Å². The minimum atomic E-state index is -0.434. The summed E-state index contributed by atoms with van der Waals surface area (Å²) in [5.74, 6) is 0.148. The molecule has 0 saturated carbocycles. The van der Waals surface area contributed by atoms with Crippen LogP contribution in [0.1, 0.15) is 5.56 Å². The van der Waals surface area contributed by atoms with Gasteiger partial charge in [0.2, 0.25) is 0 Å². The van der Waals surface area contributed by atoms with E-state index in [9.17, 15) is 4.39 Å². The predicted octanol–water partition coefficient (Wildman–Crippen LogP) is 5.04. The quantitative estimate of drug-likeness (QED) is 0.804. The van der Waals surface area contributed by atoms with E-state index < -0.39 is 5.82 Å². The highest BCUT2D eigenvalue weighted by Gasteiger charge is 2.12. The summed E-state index contributed by atoms with van der Waals surface area (Å²) in [6.07, 6.45) is 0. The Balaban J connectivity index is 2.42. The molecule has 0 saturated heterocycles. The van der Waals surface area contributed by atoms with E-state index in [0.717, 1.165) is 0 Å². The number of nitrogens with two attached hydrogens (primary N) is 1. The maximum absolute atomic E-state index is 13.6. The van der Waals surface area contributed by atoms with E-state index in [0.29, 0.717) is 15.8 Å². The Hall–Kier alpha value is -1.000. The van der Waals surface area contributed by atoms with Gasteiger partial charge in [0.05, 0.1) is 15.1 Å². The molecule has 0 spiro atoms. The van der Waals surface area contributed by atoms with E-state index in [4.69, 9.17) is 45.3 Å². The first-order valence-corrected chi connectivity index (χ1v) is 6.46. The summed E-state index contributed by atoms with van der Waals surface area (Å²) in [6.45, 7) is 0.0148. The van der Waals surface area contributed by atoms with E-state index >= 15 is 0 Å². The lowest BCUT2D eigenvalue weighted by molar-refractivity contribution is 0.467. The molecule has 0 amide bonds. The van der Waals surface area contributed by atoms with E-state index in [2.05, 4.69) is 0 Å². The predicted molar refractivity (Wildman–Crippen MR) is 75.8 cm³/mol. The molecule has 0 aromatic heterocycles. The van der Waals surface area contributed by atoms with Crippen LogP contribution in [-0.4, -0.2) is 0 Å². The van der Waals surface area contributed by atoms with Crippen molar-refractivity contribution in [3.05, 3.63) is 56.8 Å². The zero-order valence-electron chi connectivity index (χ0n) is 9.59. The second kappa shape index (κ2) is 5.97. The van der Waals surface area contributed by atoms with E-state index in [1.165, 1.54) is 24.3 Å². The lowest BCUT2D eigenvalue weighted by atomic mass is 10.2. The summed E-state index contributed by atoms with van der Waals surface area (Å²) in [5, 5.41) is 0.894. The molecular weight excluding hydrogens is 312 g/mol. The van der Waals surface area contributed by atoms with Gasteiger partial charge in [-0.1, -0.05) is 40.9 Å². The van der Waals surface area contributed by atoms with Crippen LogP contribution in [0.3, 0.4) is 0 Å². The lowest BCUT2D eigenvalue weighted by Crippen LogP contribution is -2.02. The fourth-order valence-corrected chi connectivity index (χ4v) is 2.11. The Bertz CT molecular complexity index is 619. The summed E-state index contributed by atoms with van der Waals surface area (Å²) < 4.78 is 19.1. The van der Waals surface area contributed by atoms with Crippen LogP contribution in [0.25, 0.3) is 0 Å². The summed E-state index contributed by atoms with van der Waals surface area (Å²) >= 11 is 17.7. The van der Waals surface area contributed by atoms with Crippen molar-refractivity contribution in [1.29, 1.82) is 0 Å². The molecule has 0 aliphatic rings. The molecule has 0 atom stereocenters. The van der Waals surface area contributed by atoms with E-state index in [-0.39, 0.29) is 22.9 Å². The average molecular weight is 321 g/mol. The number of benzene rings is 2. The zero-order chi connectivity index (χ0) is 14.0. The topological polar surface area (TPSA) is 35.2 Å². The molecule has 0 bridgehead atoms. The Kier molecular flexibility index (Phi) is 4.53. The number of rotatable bonds is 3. The van der Waals surface area contributed by atoms with E-state index in [1.54, 1.807) is 6.07 Å². The summed E-state index contributed by atoms with van der Waals surface area (Å²) in [6, 6.07) is 7.37. The lowest BCUT2D eigenvalue weighted by Gasteiger charge is -2.12. The van der Waals surface area contributed by atoms with Gasteiger partial charge in [-0.2, -0.15) is 0 Å². The molecule has 2 rings (SSSR count). The van der Waals surface area contributed by atoms with Crippen molar-refractivity contribution in [2.75, 3.05) is 0 Å². The number of hydrogen-bond donors (Lipinski definition) is 1. The Morgan fingerprint density at radius 1 is 1.00 bits per heavy atom. The molecule has 2 aromatic carbocycles. The molecule has 2 nitrogen and oxygen atoms in total. The third-order valence-corrected chi connectivity index (χ3v) is 3.49. The van der Waals surface area contributed by atoms with Crippen LogP contribution in [-0.2, 0) is 6.54 Å². The second-order valence-corrected chi connectivity index (χ2v) is 4.94. The van der Waals surface area contributed by atoms with Crippen LogP contribution in [0.5, 0.6) is 11.5 Å². The number of halogens is 4. The normalized spacial score (nSPS) is 10.6. The summed E-state index contributed by atoms with van der Waals surface area (Å²) in [7, 11) is 0. The van der Waals surface area contributed by atoms with Crippen LogP contribution in [0.15, 0.2) is 30.3 Å². The minimum absolute atomic E-state index is 0.0148. The second-order valence-electron chi connectivity index (χ2n) is 3.72. The monoisotopic (exact) mass is 319 g/mol. The zero-order valence-corrected chi connectivity index (χ0v) is 11.9. The van der Waals surface area contributed by atoms with Crippen LogP contribution in [0.2, 0.25) is 15.1 Å². The molecule has 0 fully saturated rings. The average Bonchev–Trinajstić information content (AvgIpc) is 2.36. The molecule has 0 heterocycles. The first-order valence-electron chi connectivity index (χ1n) is 5.32. The van der Waals surface area contributed by atoms with Crippen LogP contribution in [0.4, 0.5) is 4.39 Å². The highest BCUT2D eigenvalue weighted by molar-refractivity contribution is 6.43.